The summed E-state index contributed by atoms with van der Waals surface area (Å²) in [6.07, 6.45) is 2.98. The number of benzene rings is 1. The quantitative estimate of drug-likeness (QED) is 0.870. The molecule has 2 bridgehead atoms. The van der Waals surface area contributed by atoms with Gasteiger partial charge in [0, 0.05) is 24.7 Å². The second-order valence-electron chi connectivity index (χ2n) is 6.62. The molecule has 2 saturated heterocycles. The summed E-state index contributed by atoms with van der Waals surface area (Å²) >= 11 is 0. The van der Waals surface area contributed by atoms with E-state index in [4.69, 9.17) is 5.73 Å². The normalized spacial score (nSPS) is 22.6. The van der Waals surface area contributed by atoms with Gasteiger partial charge in [-0.3, -0.25) is 9.59 Å². The van der Waals surface area contributed by atoms with E-state index < -0.39 is 5.91 Å². The van der Waals surface area contributed by atoms with Crippen LogP contribution in [-0.4, -0.2) is 51.7 Å². The Bertz CT molecular complexity index is 787. The number of carbonyl (C=O) groups excluding carboxylic acids is 2. The Morgan fingerprint density at radius 3 is 2.64 bits per heavy atom. The molecule has 2 atom stereocenters. The van der Waals surface area contributed by atoms with Crippen LogP contribution in [0.5, 0.6) is 0 Å². The van der Waals surface area contributed by atoms with Crippen LogP contribution in [0.4, 0.5) is 0 Å². The molecule has 0 radical (unpaired) electrons. The summed E-state index contributed by atoms with van der Waals surface area (Å²) in [5, 5.41) is 7.79. The molecule has 130 valence electrons. The van der Waals surface area contributed by atoms with Gasteiger partial charge in [-0.1, -0.05) is 18.2 Å². The van der Waals surface area contributed by atoms with Crippen molar-refractivity contribution in [1.82, 2.24) is 20.0 Å². The molecule has 3 heterocycles. The second kappa shape index (κ2) is 6.33. The Labute approximate surface area is 145 Å². The number of nitrogens with one attached hydrogen (secondary N) is 1. The van der Waals surface area contributed by atoms with Gasteiger partial charge in [0.05, 0.1) is 5.69 Å². The van der Waals surface area contributed by atoms with E-state index in [1.54, 1.807) is 0 Å². The Hall–Kier alpha value is -2.67. The Morgan fingerprint density at radius 1 is 1.12 bits per heavy atom. The lowest BCUT2D eigenvalue weighted by molar-refractivity contribution is 0.0673. The maximum Gasteiger partial charge on any atom is 0.274 e. The average molecular weight is 339 g/mol. The van der Waals surface area contributed by atoms with Gasteiger partial charge in [0.1, 0.15) is 5.69 Å². The van der Waals surface area contributed by atoms with Crippen molar-refractivity contribution in [2.75, 3.05) is 13.1 Å². The van der Waals surface area contributed by atoms with Crippen LogP contribution >= 0.6 is 0 Å². The van der Waals surface area contributed by atoms with Gasteiger partial charge in [0.2, 0.25) is 0 Å². The lowest BCUT2D eigenvalue weighted by atomic mass is 10.1. The zero-order chi connectivity index (χ0) is 17.4. The number of rotatable bonds is 3. The summed E-state index contributed by atoms with van der Waals surface area (Å²) in [6, 6.07) is 11.2. The van der Waals surface area contributed by atoms with Gasteiger partial charge in [-0.15, -0.1) is 0 Å². The summed E-state index contributed by atoms with van der Waals surface area (Å²) in [7, 11) is 0. The van der Waals surface area contributed by atoms with E-state index in [1.807, 2.05) is 35.2 Å². The average Bonchev–Trinajstić information content (AvgIpc) is 3.16. The Kier molecular flexibility index (Phi) is 4.01. The number of hydrogen-bond acceptors (Lipinski definition) is 4. The molecule has 7 nitrogen and oxygen atoms in total. The number of nitrogens with two attached hydrogens (primary N) is 1. The molecule has 1 aromatic carbocycles. The van der Waals surface area contributed by atoms with E-state index in [2.05, 4.69) is 10.4 Å². The maximum atomic E-state index is 13.1. The van der Waals surface area contributed by atoms with Gasteiger partial charge in [-0.25, -0.2) is 4.68 Å². The highest BCUT2D eigenvalue weighted by Crippen LogP contribution is 2.29. The van der Waals surface area contributed by atoms with Crippen molar-refractivity contribution in [3.63, 3.8) is 0 Å². The zero-order valence-electron chi connectivity index (χ0n) is 13.9. The van der Waals surface area contributed by atoms with E-state index in [0.717, 1.165) is 32.4 Å². The molecule has 2 unspecified atom stereocenters. The highest BCUT2D eigenvalue weighted by atomic mass is 16.2. The molecule has 2 aliphatic rings. The molecule has 4 rings (SSSR count). The predicted molar refractivity (Wildman–Crippen MR) is 92.5 cm³/mol. The van der Waals surface area contributed by atoms with Crippen LogP contribution in [0.15, 0.2) is 36.4 Å². The van der Waals surface area contributed by atoms with Gasteiger partial charge in [-0.2, -0.15) is 5.10 Å². The minimum atomic E-state index is -0.601. The Balaban J connectivity index is 1.71. The fourth-order valence-electron chi connectivity index (χ4n) is 3.87. The van der Waals surface area contributed by atoms with Crippen LogP contribution in [0, 0.1) is 0 Å². The highest BCUT2D eigenvalue weighted by Gasteiger charge is 2.39. The lowest BCUT2D eigenvalue weighted by Gasteiger charge is -2.27. The first-order valence-electron chi connectivity index (χ1n) is 8.64. The molecule has 25 heavy (non-hydrogen) atoms. The largest absolute Gasteiger partial charge is 0.364 e. The predicted octanol–water partition coefficient (Wildman–Crippen LogP) is 0.938. The molecule has 3 N–H and O–H groups in total. The number of primary amides is 1. The number of para-hydroxylation sites is 1. The summed E-state index contributed by atoms with van der Waals surface area (Å²) in [5.41, 5.74) is 6.70. The van der Waals surface area contributed by atoms with Gasteiger partial charge in [-0.05, 0) is 37.9 Å². The first kappa shape index (κ1) is 15.8. The van der Waals surface area contributed by atoms with E-state index >= 15 is 0 Å². The number of carbonyl (C=O) groups is 2. The van der Waals surface area contributed by atoms with Crippen molar-refractivity contribution in [3.05, 3.63) is 47.8 Å². The van der Waals surface area contributed by atoms with Crippen molar-refractivity contribution < 1.29 is 9.59 Å². The Morgan fingerprint density at radius 2 is 1.88 bits per heavy atom. The van der Waals surface area contributed by atoms with Crippen LogP contribution in [-0.2, 0) is 0 Å². The molecule has 2 aromatic rings. The van der Waals surface area contributed by atoms with Crippen molar-refractivity contribution in [3.8, 4) is 5.69 Å². The number of fused-ring (bicyclic) bond motifs is 2. The van der Waals surface area contributed by atoms with E-state index in [-0.39, 0.29) is 29.4 Å². The molecule has 0 saturated carbocycles. The van der Waals surface area contributed by atoms with E-state index in [1.165, 1.54) is 10.7 Å². The third-order valence-electron chi connectivity index (χ3n) is 5.07. The topological polar surface area (TPSA) is 93.2 Å². The van der Waals surface area contributed by atoms with Crippen molar-refractivity contribution in [2.45, 2.75) is 31.3 Å². The molecular weight excluding hydrogens is 318 g/mol. The van der Waals surface area contributed by atoms with Gasteiger partial charge < -0.3 is 16.0 Å². The summed E-state index contributed by atoms with van der Waals surface area (Å²) in [5.74, 6) is -0.718. The fourth-order valence-corrected chi connectivity index (χ4v) is 3.87. The van der Waals surface area contributed by atoms with Crippen molar-refractivity contribution in [2.24, 2.45) is 5.73 Å². The standard InChI is InChI=1S/C18H21N5O2/c19-17(24)16-10-15(21-23(16)13-4-2-1-3-5-13)18(25)22-12-6-7-14(22)11-20-9-8-12/h1-5,10,12,14,20H,6-9,11H2,(H2,19,24). The van der Waals surface area contributed by atoms with E-state index in [0.29, 0.717) is 5.69 Å². The van der Waals surface area contributed by atoms with Crippen molar-refractivity contribution >= 4 is 11.8 Å². The molecule has 2 amide bonds. The van der Waals surface area contributed by atoms with Crippen LogP contribution in [0.3, 0.4) is 0 Å². The summed E-state index contributed by atoms with van der Waals surface area (Å²) in [6.45, 7) is 1.74. The second-order valence-corrected chi connectivity index (χ2v) is 6.62. The van der Waals surface area contributed by atoms with Gasteiger partial charge in [0.25, 0.3) is 11.8 Å². The van der Waals surface area contributed by atoms with Gasteiger partial charge in [0.15, 0.2) is 5.69 Å². The lowest BCUT2D eigenvalue weighted by Crippen LogP contribution is -2.42. The first-order valence-corrected chi connectivity index (χ1v) is 8.64. The smallest absolute Gasteiger partial charge is 0.274 e. The molecule has 2 fully saturated rings. The van der Waals surface area contributed by atoms with Gasteiger partial charge >= 0.3 is 0 Å². The molecule has 2 aliphatic heterocycles. The monoisotopic (exact) mass is 339 g/mol. The summed E-state index contributed by atoms with van der Waals surface area (Å²) in [4.78, 5) is 26.9. The highest BCUT2D eigenvalue weighted by molar-refractivity contribution is 5.98. The van der Waals surface area contributed by atoms with Crippen LogP contribution in [0.1, 0.15) is 40.2 Å². The fraction of sp³-hybridized carbons (Fsp3) is 0.389. The first-order chi connectivity index (χ1) is 12.1. The molecular formula is C18H21N5O2. The molecule has 0 spiro atoms. The number of nitrogens with zero attached hydrogens (tertiary/aromatic N) is 3. The third kappa shape index (κ3) is 2.80. The number of hydrogen-bond donors (Lipinski definition) is 2. The molecule has 7 heteroatoms. The van der Waals surface area contributed by atoms with Crippen LogP contribution < -0.4 is 11.1 Å². The number of aromatic nitrogens is 2. The molecule has 1 aromatic heterocycles. The van der Waals surface area contributed by atoms with Crippen molar-refractivity contribution in [1.29, 1.82) is 0 Å². The van der Waals surface area contributed by atoms with Crippen LogP contribution in [0.25, 0.3) is 5.69 Å². The number of amides is 2. The third-order valence-corrected chi connectivity index (χ3v) is 5.07. The summed E-state index contributed by atoms with van der Waals surface area (Å²) < 4.78 is 1.45. The molecule has 0 aliphatic carbocycles. The van der Waals surface area contributed by atoms with E-state index in [9.17, 15) is 9.59 Å². The SMILES string of the molecule is NC(=O)c1cc(C(=O)N2C3CCNCC2CC3)nn1-c1ccccc1. The van der Waals surface area contributed by atoms with Crippen LogP contribution in [0.2, 0.25) is 0 Å². The minimum Gasteiger partial charge on any atom is -0.364 e. The zero-order valence-corrected chi connectivity index (χ0v) is 13.9. The maximum absolute atomic E-state index is 13.1. The minimum absolute atomic E-state index is 0.117.